The number of allylic oxidation sites excluding steroid dienone is 8. The summed E-state index contributed by atoms with van der Waals surface area (Å²) >= 11 is 0. The summed E-state index contributed by atoms with van der Waals surface area (Å²) in [6.45, 7) is 0. The van der Waals surface area contributed by atoms with Crippen LogP contribution in [0.25, 0.3) is 0 Å². The van der Waals surface area contributed by atoms with E-state index in [4.69, 9.17) is 0 Å². The molecule has 0 bridgehead atoms. The topological polar surface area (TPSA) is 0 Å². The second-order valence-electron chi connectivity index (χ2n) is 7.45. The molecule has 0 aromatic rings. The molecule has 0 amide bonds. The van der Waals surface area contributed by atoms with Crippen molar-refractivity contribution in [2.75, 3.05) is 0 Å². The lowest BCUT2D eigenvalue weighted by Crippen LogP contribution is -2.14. The molecule has 4 rings (SSSR count). The summed E-state index contributed by atoms with van der Waals surface area (Å²) in [5, 5.41) is 0. The Kier molecular flexibility index (Phi) is 3.88. The quantitative estimate of drug-likeness (QED) is 0.571. The summed E-state index contributed by atoms with van der Waals surface area (Å²) in [6, 6.07) is 0. The molecule has 0 heterocycles. The van der Waals surface area contributed by atoms with Crippen LogP contribution in [0.3, 0.4) is 0 Å². The third kappa shape index (κ3) is 2.58. The van der Waals surface area contributed by atoms with Crippen LogP contribution in [-0.4, -0.2) is 0 Å². The first-order chi connectivity index (χ1) is 10.4. The predicted molar refractivity (Wildman–Crippen MR) is 90.0 cm³/mol. The maximum Gasteiger partial charge on any atom is 0.0240 e. The van der Waals surface area contributed by atoms with Crippen molar-refractivity contribution in [1.82, 2.24) is 0 Å². The lowest BCUT2D eigenvalue weighted by Gasteiger charge is -2.27. The first-order valence-electron chi connectivity index (χ1n) is 9.24. The zero-order chi connectivity index (χ0) is 14.1. The normalized spacial score (nSPS) is 30.7. The number of rotatable bonds is 2. The molecule has 0 aromatic heterocycles. The molecule has 0 spiro atoms. The van der Waals surface area contributed by atoms with E-state index in [0.29, 0.717) is 5.92 Å². The summed E-state index contributed by atoms with van der Waals surface area (Å²) < 4.78 is 0. The Bertz CT molecular complexity index is 502. The molecule has 0 nitrogen and oxygen atoms in total. The largest absolute Gasteiger partial charge is 0.0729 e. The minimum Gasteiger partial charge on any atom is -0.0729 e. The monoisotopic (exact) mass is 280 g/mol. The van der Waals surface area contributed by atoms with Gasteiger partial charge < -0.3 is 0 Å². The summed E-state index contributed by atoms with van der Waals surface area (Å²) in [6.07, 6.45) is 26.5. The van der Waals surface area contributed by atoms with Gasteiger partial charge in [0, 0.05) is 5.92 Å². The van der Waals surface area contributed by atoms with Crippen molar-refractivity contribution in [2.24, 2.45) is 17.8 Å². The molecule has 0 aliphatic heterocycles. The fourth-order valence-electron chi connectivity index (χ4n) is 5.04. The van der Waals surface area contributed by atoms with Crippen LogP contribution in [0.4, 0.5) is 0 Å². The molecule has 21 heavy (non-hydrogen) atoms. The molecule has 0 heteroatoms. The minimum absolute atomic E-state index is 0.634. The SMILES string of the molecule is C1=CC2=C(C3CCCCC3)C=C(C3CCCCC3)C2C=C1. The molecular formula is C21H28. The van der Waals surface area contributed by atoms with Gasteiger partial charge in [-0.25, -0.2) is 0 Å². The third-order valence-corrected chi connectivity index (χ3v) is 6.16. The highest BCUT2D eigenvalue weighted by Gasteiger charge is 2.33. The van der Waals surface area contributed by atoms with Crippen molar-refractivity contribution in [3.8, 4) is 0 Å². The van der Waals surface area contributed by atoms with Crippen LogP contribution < -0.4 is 0 Å². The van der Waals surface area contributed by atoms with E-state index in [-0.39, 0.29) is 0 Å². The number of hydrogen-bond donors (Lipinski definition) is 0. The van der Waals surface area contributed by atoms with Crippen LogP contribution in [0.5, 0.6) is 0 Å². The highest BCUT2D eigenvalue weighted by atomic mass is 14.4. The average Bonchev–Trinajstić information content (AvgIpc) is 2.96. The standard InChI is InChI=1S/C21H28/c1-3-9-16(10-4-1)20-15-21(17-11-5-2-6-12-17)19-14-8-7-13-18(19)20/h7-8,13-18H,1-6,9-12H2. The predicted octanol–water partition coefficient (Wildman–Crippen LogP) is 6.13. The van der Waals surface area contributed by atoms with Gasteiger partial charge in [-0.3, -0.25) is 0 Å². The van der Waals surface area contributed by atoms with Crippen molar-refractivity contribution >= 4 is 0 Å². The molecule has 1 unspecified atom stereocenters. The number of fused-ring (bicyclic) bond motifs is 1. The molecule has 0 aromatic carbocycles. The van der Waals surface area contributed by atoms with E-state index in [0.717, 1.165) is 11.8 Å². The molecule has 1 atom stereocenters. The minimum atomic E-state index is 0.634. The maximum absolute atomic E-state index is 2.66. The van der Waals surface area contributed by atoms with E-state index in [2.05, 4.69) is 30.4 Å². The van der Waals surface area contributed by atoms with Crippen molar-refractivity contribution in [3.63, 3.8) is 0 Å². The van der Waals surface area contributed by atoms with Crippen molar-refractivity contribution in [1.29, 1.82) is 0 Å². The van der Waals surface area contributed by atoms with Gasteiger partial charge >= 0.3 is 0 Å². The maximum atomic E-state index is 2.66. The Morgan fingerprint density at radius 2 is 1.33 bits per heavy atom. The fourth-order valence-corrected chi connectivity index (χ4v) is 5.04. The van der Waals surface area contributed by atoms with Crippen molar-refractivity contribution in [2.45, 2.75) is 64.2 Å². The van der Waals surface area contributed by atoms with Crippen LogP contribution in [0.1, 0.15) is 64.2 Å². The lowest BCUT2D eigenvalue weighted by molar-refractivity contribution is 0.391. The summed E-state index contributed by atoms with van der Waals surface area (Å²) in [4.78, 5) is 0. The molecule has 0 saturated heterocycles. The second-order valence-corrected chi connectivity index (χ2v) is 7.45. The third-order valence-electron chi connectivity index (χ3n) is 6.16. The van der Waals surface area contributed by atoms with Gasteiger partial charge in [0.1, 0.15) is 0 Å². The van der Waals surface area contributed by atoms with Gasteiger partial charge in [-0.05, 0) is 48.7 Å². The zero-order valence-electron chi connectivity index (χ0n) is 13.2. The summed E-state index contributed by atoms with van der Waals surface area (Å²) in [5.74, 6) is 2.36. The highest BCUT2D eigenvalue weighted by molar-refractivity contribution is 5.54. The van der Waals surface area contributed by atoms with Crippen LogP contribution in [-0.2, 0) is 0 Å². The van der Waals surface area contributed by atoms with Gasteiger partial charge in [-0.2, -0.15) is 0 Å². The van der Waals surface area contributed by atoms with E-state index in [1.807, 2.05) is 0 Å². The van der Waals surface area contributed by atoms with Crippen LogP contribution in [0.15, 0.2) is 47.1 Å². The Hall–Kier alpha value is -1.04. The van der Waals surface area contributed by atoms with E-state index in [9.17, 15) is 0 Å². The van der Waals surface area contributed by atoms with Crippen LogP contribution in [0, 0.1) is 17.8 Å². The molecule has 0 N–H and O–H groups in total. The van der Waals surface area contributed by atoms with Gasteiger partial charge in [0.25, 0.3) is 0 Å². The van der Waals surface area contributed by atoms with E-state index >= 15 is 0 Å². The van der Waals surface area contributed by atoms with Gasteiger partial charge in [-0.1, -0.05) is 74.5 Å². The Morgan fingerprint density at radius 3 is 2.05 bits per heavy atom. The number of hydrogen-bond acceptors (Lipinski definition) is 0. The van der Waals surface area contributed by atoms with Crippen LogP contribution >= 0.6 is 0 Å². The van der Waals surface area contributed by atoms with E-state index in [1.54, 1.807) is 16.7 Å². The fraction of sp³-hybridized carbons (Fsp3) is 0.619. The molecule has 0 radical (unpaired) electrons. The Morgan fingerprint density at radius 1 is 0.667 bits per heavy atom. The molecule has 4 aliphatic carbocycles. The molecule has 2 fully saturated rings. The summed E-state index contributed by atoms with van der Waals surface area (Å²) in [7, 11) is 0. The van der Waals surface area contributed by atoms with Gasteiger partial charge in [0.2, 0.25) is 0 Å². The molecule has 2 saturated carbocycles. The van der Waals surface area contributed by atoms with Gasteiger partial charge in [-0.15, -0.1) is 0 Å². The lowest BCUT2D eigenvalue weighted by atomic mass is 9.77. The van der Waals surface area contributed by atoms with Crippen molar-refractivity contribution in [3.05, 3.63) is 47.1 Å². The average molecular weight is 280 g/mol. The Labute approximate surface area is 129 Å². The smallest absolute Gasteiger partial charge is 0.0240 e. The molecule has 112 valence electrons. The first-order valence-corrected chi connectivity index (χ1v) is 9.24. The van der Waals surface area contributed by atoms with Crippen molar-refractivity contribution < 1.29 is 0 Å². The van der Waals surface area contributed by atoms with E-state index < -0.39 is 0 Å². The van der Waals surface area contributed by atoms with Crippen LogP contribution in [0.2, 0.25) is 0 Å². The van der Waals surface area contributed by atoms with Gasteiger partial charge in [0.05, 0.1) is 0 Å². The highest BCUT2D eigenvalue weighted by Crippen LogP contribution is 2.47. The van der Waals surface area contributed by atoms with E-state index in [1.165, 1.54) is 64.2 Å². The van der Waals surface area contributed by atoms with Gasteiger partial charge in [0.15, 0.2) is 0 Å². The molecule has 4 aliphatic rings. The molecular weight excluding hydrogens is 252 g/mol. The Balaban J connectivity index is 1.63. The second kappa shape index (κ2) is 5.99. The first kappa shape index (κ1) is 13.6. The summed E-state index contributed by atoms with van der Waals surface area (Å²) in [5.41, 5.74) is 5.15. The zero-order valence-corrected chi connectivity index (χ0v) is 13.2.